The summed E-state index contributed by atoms with van der Waals surface area (Å²) in [5.41, 5.74) is 4.77. The van der Waals surface area contributed by atoms with Gasteiger partial charge in [0.1, 0.15) is 16.7 Å². The standard InChI is InChI=1S/C23H16N4O2S2/c28-19(24-17-12-7-13-18-21(17)27-31-26-18)14-30-23-25-20(15-8-3-1-4-9-15)22(29-23)16-10-5-2-6-11-16/h1-13H,14H2,(H,24,28). The second kappa shape index (κ2) is 8.71. The van der Waals surface area contributed by atoms with Crippen LogP contribution in [0.1, 0.15) is 0 Å². The van der Waals surface area contributed by atoms with E-state index in [1.165, 1.54) is 11.8 Å². The number of benzene rings is 3. The van der Waals surface area contributed by atoms with Crippen LogP contribution in [0.2, 0.25) is 0 Å². The fourth-order valence-corrected chi connectivity index (χ4v) is 4.33. The van der Waals surface area contributed by atoms with Crippen LogP contribution in [0.3, 0.4) is 0 Å². The average molecular weight is 445 g/mol. The molecule has 2 heterocycles. The molecule has 0 radical (unpaired) electrons. The van der Waals surface area contributed by atoms with E-state index in [0.717, 1.165) is 34.1 Å². The quantitative estimate of drug-likeness (QED) is 0.336. The summed E-state index contributed by atoms with van der Waals surface area (Å²) in [5.74, 6) is 0.691. The van der Waals surface area contributed by atoms with E-state index in [4.69, 9.17) is 4.42 Å². The molecule has 5 aromatic rings. The Morgan fingerprint density at radius 3 is 2.42 bits per heavy atom. The largest absolute Gasteiger partial charge is 0.431 e. The van der Waals surface area contributed by atoms with Crippen LogP contribution in [-0.2, 0) is 4.79 Å². The Balaban J connectivity index is 1.36. The second-order valence-corrected chi connectivity index (χ2v) is 8.12. The number of nitrogens with one attached hydrogen (secondary N) is 1. The molecule has 1 amide bonds. The fraction of sp³-hybridized carbons (Fsp3) is 0.0435. The highest BCUT2D eigenvalue weighted by Crippen LogP contribution is 2.35. The molecular weight excluding hydrogens is 428 g/mol. The molecule has 6 nitrogen and oxygen atoms in total. The van der Waals surface area contributed by atoms with Gasteiger partial charge in [-0.05, 0) is 12.1 Å². The van der Waals surface area contributed by atoms with Crippen molar-refractivity contribution < 1.29 is 9.21 Å². The summed E-state index contributed by atoms with van der Waals surface area (Å²) >= 11 is 2.38. The summed E-state index contributed by atoms with van der Waals surface area (Å²) in [4.78, 5) is 17.2. The summed E-state index contributed by atoms with van der Waals surface area (Å²) in [7, 11) is 0. The first-order valence-corrected chi connectivity index (χ1v) is 11.2. The van der Waals surface area contributed by atoms with Gasteiger partial charge in [-0.2, -0.15) is 8.75 Å². The molecule has 0 spiro atoms. The van der Waals surface area contributed by atoms with Crippen molar-refractivity contribution >= 4 is 46.1 Å². The number of hydrogen-bond donors (Lipinski definition) is 1. The molecule has 0 saturated carbocycles. The molecule has 2 aromatic heterocycles. The van der Waals surface area contributed by atoms with Gasteiger partial charge >= 0.3 is 0 Å². The van der Waals surface area contributed by atoms with Crippen molar-refractivity contribution in [3.63, 3.8) is 0 Å². The van der Waals surface area contributed by atoms with Crippen molar-refractivity contribution in [3.05, 3.63) is 78.9 Å². The van der Waals surface area contributed by atoms with Crippen LogP contribution in [-0.4, -0.2) is 25.4 Å². The number of rotatable bonds is 6. The molecule has 8 heteroatoms. The maximum atomic E-state index is 12.5. The second-order valence-electron chi connectivity index (χ2n) is 6.66. The van der Waals surface area contributed by atoms with Crippen molar-refractivity contribution in [2.75, 3.05) is 11.1 Å². The van der Waals surface area contributed by atoms with Crippen LogP contribution in [0.4, 0.5) is 5.69 Å². The summed E-state index contributed by atoms with van der Waals surface area (Å²) in [6, 6.07) is 25.3. The van der Waals surface area contributed by atoms with E-state index in [1.807, 2.05) is 78.9 Å². The Labute approximate surface area is 186 Å². The summed E-state index contributed by atoms with van der Waals surface area (Å²) in [6.07, 6.45) is 0. The fourth-order valence-electron chi connectivity index (χ4n) is 3.16. The molecule has 0 fully saturated rings. The minimum atomic E-state index is -0.161. The first kappa shape index (κ1) is 19.5. The molecule has 152 valence electrons. The molecule has 5 rings (SSSR count). The Hall–Kier alpha value is -3.49. The lowest BCUT2D eigenvalue weighted by Crippen LogP contribution is -2.14. The van der Waals surface area contributed by atoms with Crippen LogP contribution in [0.25, 0.3) is 33.6 Å². The zero-order valence-electron chi connectivity index (χ0n) is 16.2. The number of thioether (sulfide) groups is 1. The lowest BCUT2D eigenvalue weighted by atomic mass is 10.1. The maximum absolute atomic E-state index is 12.5. The van der Waals surface area contributed by atoms with Crippen LogP contribution < -0.4 is 5.32 Å². The molecule has 0 bridgehead atoms. The Morgan fingerprint density at radius 2 is 1.65 bits per heavy atom. The van der Waals surface area contributed by atoms with Crippen molar-refractivity contribution in [1.29, 1.82) is 0 Å². The van der Waals surface area contributed by atoms with Crippen molar-refractivity contribution in [1.82, 2.24) is 13.7 Å². The van der Waals surface area contributed by atoms with E-state index < -0.39 is 0 Å². The monoisotopic (exact) mass is 444 g/mol. The van der Waals surface area contributed by atoms with Crippen molar-refractivity contribution in [2.24, 2.45) is 0 Å². The van der Waals surface area contributed by atoms with Crippen molar-refractivity contribution in [3.8, 4) is 22.6 Å². The molecule has 3 aromatic carbocycles. The molecule has 0 unspecified atom stereocenters. The van der Waals surface area contributed by atoms with E-state index in [2.05, 4.69) is 19.0 Å². The maximum Gasteiger partial charge on any atom is 0.257 e. The number of hydrogen-bond acceptors (Lipinski definition) is 7. The van der Waals surface area contributed by atoms with Crippen LogP contribution in [0, 0.1) is 0 Å². The number of aromatic nitrogens is 3. The molecule has 0 aliphatic heterocycles. The SMILES string of the molecule is O=C(CSc1nc(-c2ccccc2)c(-c2ccccc2)o1)Nc1cccc2nsnc12. The minimum absolute atomic E-state index is 0.161. The minimum Gasteiger partial charge on any atom is -0.431 e. The number of amides is 1. The van der Waals surface area contributed by atoms with E-state index in [0.29, 0.717) is 22.2 Å². The molecule has 31 heavy (non-hydrogen) atoms. The van der Waals surface area contributed by atoms with E-state index in [-0.39, 0.29) is 11.7 Å². The van der Waals surface area contributed by atoms with Gasteiger partial charge in [0.2, 0.25) is 5.91 Å². The van der Waals surface area contributed by atoms with Gasteiger partial charge in [-0.25, -0.2) is 4.98 Å². The van der Waals surface area contributed by atoms with Gasteiger partial charge < -0.3 is 9.73 Å². The third-order valence-corrected chi connectivity index (χ3v) is 5.95. The molecule has 0 aliphatic carbocycles. The van der Waals surface area contributed by atoms with E-state index in [1.54, 1.807) is 0 Å². The lowest BCUT2D eigenvalue weighted by Gasteiger charge is -2.04. The Kier molecular flexibility index (Phi) is 5.47. The number of oxazole rings is 1. The third kappa shape index (κ3) is 4.21. The van der Waals surface area contributed by atoms with Gasteiger partial charge in [-0.15, -0.1) is 0 Å². The van der Waals surface area contributed by atoms with Gasteiger partial charge in [0.25, 0.3) is 5.22 Å². The first-order chi connectivity index (χ1) is 15.3. The molecule has 0 aliphatic rings. The summed E-state index contributed by atoms with van der Waals surface area (Å²) in [5, 5.41) is 3.35. The Morgan fingerprint density at radius 1 is 0.903 bits per heavy atom. The van der Waals surface area contributed by atoms with E-state index >= 15 is 0 Å². The van der Waals surface area contributed by atoms with Crippen LogP contribution >= 0.6 is 23.5 Å². The normalized spacial score (nSPS) is 11.0. The topological polar surface area (TPSA) is 80.9 Å². The molecule has 0 saturated heterocycles. The highest BCUT2D eigenvalue weighted by molar-refractivity contribution is 7.99. The average Bonchev–Trinajstić information content (AvgIpc) is 3.47. The van der Waals surface area contributed by atoms with Crippen molar-refractivity contribution in [2.45, 2.75) is 5.22 Å². The van der Waals surface area contributed by atoms with Gasteiger partial charge in [-0.1, -0.05) is 78.5 Å². The first-order valence-electron chi connectivity index (χ1n) is 9.53. The van der Waals surface area contributed by atoms with Crippen LogP contribution in [0.5, 0.6) is 0 Å². The molecular formula is C23H16N4O2S2. The number of anilines is 1. The van der Waals surface area contributed by atoms with Gasteiger partial charge in [-0.3, -0.25) is 4.79 Å². The third-order valence-electron chi connectivity index (χ3n) is 4.58. The molecule has 0 atom stereocenters. The lowest BCUT2D eigenvalue weighted by molar-refractivity contribution is -0.113. The summed E-state index contributed by atoms with van der Waals surface area (Å²) < 4.78 is 14.5. The highest BCUT2D eigenvalue weighted by Gasteiger charge is 2.18. The smallest absolute Gasteiger partial charge is 0.257 e. The molecule has 1 N–H and O–H groups in total. The predicted octanol–water partition coefficient (Wildman–Crippen LogP) is 5.74. The summed E-state index contributed by atoms with van der Waals surface area (Å²) in [6.45, 7) is 0. The Bertz CT molecular complexity index is 1280. The van der Waals surface area contributed by atoms with Gasteiger partial charge in [0.15, 0.2) is 5.76 Å². The number of nitrogens with zero attached hydrogens (tertiary/aromatic N) is 3. The zero-order chi connectivity index (χ0) is 21.0. The number of fused-ring (bicyclic) bond motifs is 1. The van der Waals surface area contributed by atoms with E-state index in [9.17, 15) is 4.79 Å². The van der Waals surface area contributed by atoms with Crippen LogP contribution in [0.15, 0.2) is 88.5 Å². The number of carbonyl (C=O) groups excluding carboxylic acids is 1. The van der Waals surface area contributed by atoms with Gasteiger partial charge in [0.05, 0.1) is 23.2 Å². The zero-order valence-corrected chi connectivity index (χ0v) is 17.8. The van der Waals surface area contributed by atoms with Gasteiger partial charge in [0, 0.05) is 11.1 Å². The number of carbonyl (C=O) groups is 1. The predicted molar refractivity (Wildman–Crippen MR) is 124 cm³/mol. The highest BCUT2D eigenvalue weighted by atomic mass is 32.2.